The summed E-state index contributed by atoms with van der Waals surface area (Å²) in [6.07, 6.45) is 0.664. The molecule has 4 rings (SSSR count). The fourth-order valence-corrected chi connectivity index (χ4v) is 3.81. The molecule has 1 fully saturated rings. The number of benzene rings is 1. The van der Waals surface area contributed by atoms with Crippen molar-refractivity contribution in [3.63, 3.8) is 0 Å². The van der Waals surface area contributed by atoms with Gasteiger partial charge in [-0.25, -0.2) is 0 Å². The zero-order valence-corrected chi connectivity index (χ0v) is 14.4. The molecule has 1 saturated heterocycles. The first-order chi connectivity index (χ1) is 12.2. The normalized spacial score (nSPS) is 19.1. The molecule has 3 heterocycles. The fourth-order valence-electron chi connectivity index (χ4n) is 3.10. The molecule has 0 bridgehead atoms. The minimum absolute atomic E-state index is 0.00176. The Labute approximate surface area is 149 Å². The van der Waals surface area contributed by atoms with Crippen LogP contribution in [0.15, 0.2) is 35.7 Å². The van der Waals surface area contributed by atoms with E-state index in [1.165, 1.54) is 0 Å². The third-order valence-corrected chi connectivity index (χ3v) is 5.12. The van der Waals surface area contributed by atoms with Gasteiger partial charge in [-0.2, -0.15) is 0 Å². The Morgan fingerprint density at radius 3 is 2.88 bits per heavy atom. The van der Waals surface area contributed by atoms with E-state index in [4.69, 9.17) is 9.47 Å². The minimum Gasteiger partial charge on any atom is -0.486 e. The Hall–Kier alpha value is -2.54. The molecule has 0 aliphatic carbocycles. The monoisotopic (exact) mass is 358 g/mol. The molecule has 2 aliphatic heterocycles. The maximum absolute atomic E-state index is 12.4. The second-order valence-electron chi connectivity index (χ2n) is 6.06. The van der Waals surface area contributed by atoms with E-state index in [0.29, 0.717) is 44.1 Å². The van der Waals surface area contributed by atoms with Crippen molar-refractivity contribution in [3.05, 3.63) is 40.6 Å². The maximum atomic E-state index is 12.4. The zero-order valence-electron chi connectivity index (χ0n) is 13.6. The van der Waals surface area contributed by atoms with Crippen molar-refractivity contribution in [2.75, 3.05) is 24.7 Å². The number of nitrogens with zero attached hydrogens (tertiary/aromatic N) is 1. The summed E-state index contributed by atoms with van der Waals surface area (Å²) in [5.74, 6) is 1.30. The molecular weight excluding hydrogens is 340 g/mol. The van der Waals surface area contributed by atoms with Gasteiger partial charge in [-0.15, -0.1) is 11.3 Å². The maximum Gasteiger partial charge on any atom is 0.229 e. The second kappa shape index (κ2) is 6.76. The number of rotatable bonds is 4. The van der Waals surface area contributed by atoms with Crippen molar-refractivity contribution in [1.29, 1.82) is 0 Å². The van der Waals surface area contributed by atoms with Crippen LogP contribution in [0.3, 0.4) is 0 Å². The van der Waals surface area contributed by atoms with Crippen LogP contribution in [0.25, 0.3) is 0 Å². The third kappa shape index (κ3) is 3.46. The summed E-state index contributed by atoms with van der Waals surface area (Å²) in [5.41, 5.74) is 0.768. The van der Waals surface area contributed by atoms with Gasteiger partial charge in [-0.3, -0.25) is 9.59 Å². The molecule has 0 saturated carbocycles. The van der Waals surface area contributed by atoms with Crippen LogP contribution in [0.2, 0.25) is 0 Å². The zero-order chi connectivity index (χ0) is 17.2. The van der Waals surface area contributed by atoms with Crippen LogP contribution in [0.5, 0.6) is 11.5 Å². The van der Waals surface area contributed by atoms with Crippen LogP contribution in [0.1, 0.15) is 11.3 Å². The van der Waals surface area contributed by atoms with Crippen LogP contribution in [-0.4, -0.2) is 37.6 Å². The number of hydrogen-bond donors (Lipinski definition) is 1. The van der Waals surface area contributed by atoms with E-state index in [1.54, 1.807) is 16.2 Å². The Morgan fingerprint density at radius 1 is 1.24 bits per heavy atom. The number of hydrogen-bond acceptors (Lipinski definition) is 5. The lowest BCUT2D eigenvalue weighted by atomic mass is 10.2. The van der Waals surface area contributed by atoms with Crippen LogP contribution in [-0.2, 0) is 16.0 Å². The first-order valence-corrected chi connectivity index (χ1v) is 9.09. The number of anilines is 1. The SMILES string of the molecule is O=C(Cc1cccs1)N[C@@H]1CC(=O)N(c2ccc3c(c2)OCCO3)C1. The Kier molecular flexibility index (Phi) is 4.31. The third-order valence-electron chi connectivity index (χ3n) is 4.24. The molecule has 1 aromatic carbocycles. The standard InChI is InChI=1S/C18H18N2O4S/c21-17(10-14-2-1-7-25-14)19-12-8-18(22)20(11-12)13-3-4-15-16(9-13)24-6-5-23-15/h1-4,7,9,12H,5-6,8,10-11H2,(H,19,21)/t12-/m1/s1. The average Bonchev–Trinajstić information content (AvgIpc) is 3.24. The smallest absolute Gasteiger partial charge is 0.229 e. The van der Waals surface area contributed by atoms with E-state index < -0.39 is 0 Å². The molecule has 2 aromatic rings. The minimum atomic E-state index is -0.173. The van der Waals surface area contributed by atoms with Crippen molar-refractivity contribution >= 4 is 28.8 Å². The molecule has 25 heavy (non-hydrogen) atoms. The molecule has 130 valence electrons. The molecular formula is C18H18N2O4S. The highest BCUT2D eigenvalue weighted by Gasteiger charge is 2.32. The summed E-state index contributed by atoms with van der Waals surface area (Å²) in [5, 5.41) is 4.91. The van der Waals surface area contributed by atoms with Gasteiger partial charge in [0.15, 0.2) is 11.5 Å². The summed E-state index contributed by atoms with van der Waals surface area (Å²) in [4.78, 5) is 27.2. The van der Waals surface area contributed by atoms with E-state index in [1.807, 2.05) is 35.7 Å². The highest BCUT2D eigenvalue weighted by Crippen LogP contribution is 2.35. The fraction of sp³-hybridized carbons (Fsp3) is 0.333. The summed E-state index contributed by atoms with van der Waals surface area (Å²) in [6.45, 7) is 1.51. The van der Waals surface area contributed by atoms with Gasteiger partial charge >= 0.3 is 0 Å². The first-order valence-electron chi connectivity index (χ1n) is 8.21. The van der Waals surface area contributed by atoms with Gasteiger partial charge in [0.05, 0.1) is 12.5 Å². The number of nitrogens with one attached hydrogen (secondary N) is 1. The number of amides is 2. The summed E-state index contributed by atoms with van der Waals surface area (Å²) < 4.78 is 11.1. The number of fused-ring (bicyclic) bond motifs is 1. The summed E-state index contributed by atoms with van der Waals surface area (Å²) in [7, 11) is 0. The Morgan fingerprint density at radius 2 is 2.08 bits per heavy atom. The van der Waals surface area contributed by atoms with Crippen LogP contribution in [0, 0.1) is 0 Å². The number of thiophene rings is 1. The molecule has 1 aromatic heterocycles. The first kappa shape index (κ1) is 16.0. The molecule has 2 amide bonds. The second-order valence-corrected chi connectivity index (χ2v) is 7.09. The van der Waals surface area contributed by atoms with Crippen molar-refractivity contribution in [1.82, 2.24) is 5.32 Å². The van der Waals surface area contributed by atoms with Gasteiger partial charge < -0.3 is 19.7 Å². The van der Waals surface area contributed by atoms with Crippen LogP contribution >= 0.6 is 11.3 Å². The largest absolute Gasteiger partial charge is 0.486 e. The van der Waals surface area contributed by atoms with Gasteiger partial charge in [0.25, 0.3) is 0 Å². The lowest BCUT2D eigenvalue weighted by molar-refractivity contribution is -0.121. The van der Waals surface area contributed by atoms with Crippen molar-refractivity contribution < 1.29 is 19.1 Å². The van der Waals surface area contributed by atoms with Crippen molar-refractivity contribution in [2.24, 2.45) is 0 Å². The average molecular weight is 358 g/mol. The quantitative estimate of drug-likeness (QED) is 0.908. The van der Waals surface area contributed by atoms with E-state index in [2.05, 4.69) is 5.32 Å². The van der Waals surface area contributed by atoms with Crippen molar-refractivity contribution in [3.8, 4) is 11.5 Å². The molecule has 2 aliphatic rings. The molecule has 0 unspecified atom stereocenters. The number of ether oxygens (including phenoxy) is 2. The predicted octanol–water partition coefficient (Wildman–Crippen LogP) is 1.98. The highest BCUT2D eigenvalue weighted by atomic mass is 32.1. The van der Waals surface area contributed by atoms with E-state index >= 15 is 0 Å². The topological polar surface area (TPSA) is 67.9 Å². The van der Waals surface area contributed by atoms with Crippen LogP contribution < -0.4 is 19.7 Å². The molecule has 6 nitrogen and oxygen atoms in total. The van der Waals surface area contributed by atoms with E-state index in [9.17, 15) is 9.59 Å². The molecule has 1 atom stereocenters. The van der Waals surface area contributed by atoms with Gasteiger partial charge in [0.1, 0.15) is 13.2 Å². The summed E-state index contributed by atoms with van der Waals surface area (Å²) in [6, 6.07) is 9.18. The lowest BCUT2D eigenvalue weighted by Gasteiger charge is -2.22. The molecule has 7 heteroatoms. The molecule has 0 spiro atoms. The predicted molar refractivity (Wildman–Crippen MR) is 94.4 cm³/mol. The molecule has 1 N–H and O–H groups in total. The van der Waals surface area contributed by atoms with E-state index in [0.717, 1.165) is 10.6 Å². The number of carbonyl (C=O) groups excluding carboxylic acids is 2. The lowest BCUT2D eigenvalue weighted by Crippen LogP contribution is -2.37. The Bertz CT molecular complexity index is 790. The highest BCUT2D eigenvalue weighted by molar-refractivity contribution is 7.10. The van der Waals surface area contributed by atoms with Gasteiger partial charge in [0.2, 0.25) is 11.8 Å². The van der Waals surface area contributed by atoms with Gasteiger partial charge in [0, 0.05) is 29.6 Å². The Balaban J connectivity index is 1.41. The van der Waals surface area contributed by atoms with Gasteiger partial charge in [-0.05, 0) is 23.6 Å². The summed E-state index contributed by atoms with van der Waals surface area (Å²) >= 11 is 1.56. The number of carbonyl (C=O) groups is 2. The van der Waals surface area contributed by atoms with E-state index in [-0.39, 0.29) is 17.9 Å². The van der Waals surface area contributed by atoms with Crippen molar-refractivity contribution in [2.45, 2.75) is 18.9 Å². The van der Waals surface area contributed by atoms with Gasteiger partial charge in [-0.1, -0.05) is 6.07 Å². The van der Waals surface area contributed by atoms with Crippen LogP contribution in [0.4, 0.5) is 5.69 Å². The molecule has 0 radical (unpaired) electrons.